The Morgan fingerprint density at radius 1 is 1.20 bits per heavy atom. The second-order valence-electron chi connectivity index (χ2n) is 6.33. The molecule has 2 N–H and O–H groups in total. The molecule has 25 heavy (non-hydrogen) atoms. The lowest BCUT2D eigenvalue weighted by molar-refractivity contribution is -0.127. The van der Waals surface area contributed by atoms with Crippen molar-refractivity contribution in [1.29, 1.82) is 0 Å². The molecule has 0 saturated carbocycles. The van der Waals surface area contributed by atoms with Crippen molar-refractivity contribution in [2.24, 2.45) is 0 Å². The van der Waals surface area contributed by atoms with Crippen LogP contribution in [0.5, 0.6) is 0 Å². The number of aryl methyl sites for hydroxylation is 2. The third kappa shape index (κ3) is 3.47. The predicted octanol–water partition coefficient (Wildman–Crippen LogP) is 1.18. The Bertz CT molecular complexity index is 858. The molecule has 0 unspecified atom stereocenters. The van der Waals surface area contributed by atoms with Gasteiger partial charge in [-0.25, -0.2) is 0 Å². The van der Waals surface area contributed by atoms with Crippen molar-refractivity contribution in [3.05, 3.63) is 69.1 Å². The van der Waals surface area contributed by atoms with E-state index in [0.29, 0.717) is 30.8 Å². The lowest BCUT2D eigenvalue weighted by atomic mass is 10.0. The van der Waals surface area contributed by atoms with E-state index in [9.17, 15) is 14.4 Å². The summed E-state index contributed by atoms with van der Waals surface area (Å²) in [6.07, 6.45) is 0.418. The van der Waals surface area contributed by atoms with Crippen LogP contribution in [-0.2, 0) is 11.2 Å². The summed E-state index contributed by atoms with van der Waals surface area (Å²) in [5.41, 5.74) is 1.99. The number of amides is 2. The van der Waals surface area contributed by atoms with Crippen molar-refractivity contribution in [2.75, 3.05) is 13.1 Å². The maximum atomic E-state index is 13.0. The number of carbonyl (C=O) groups excluding carboxylic acids is 2. The van der Waals surface area contributed by atoms with E-state index in [1.165, 1.54) is 4.90 Å². The van der Waals surface area contributed by atoms with Gasteiger partial charge in [0.2, 0.25) is 5.91 Å². The number of nitrogens with one attached hydrogen (secondary N) is 2. The largest absolute Gasteiger partial charge is 0.353 e. The van der Waals surface area contributed by atoms with Crippen LogP contribution < -0.4 is 10.9 Å². The molecule has 3 rings (SSSR count). The van der Waals surface area contributed by atoms with Crippen LogP contribution in [0.4, 0.5) is 0 Å². The standard InChI is InChI=1S/C19H21N3O3/c1-12-10-13(2)21-18(24)16(12)19(25)22-9-8-20-17(23)15(22)11-14-6-4-3-5-7-14/h3-7,10,15H,8-9,11H2,1-2H3,(H,20,23)(H,21,24)/t15-/m1/s1. The molecule has 0 bridgehead atoms. The molecule has 2 heterocycles. The van der Waals surface area contributed by atoms with E-state index in [0.717, 1.165) is 5.56 Å². The highest BCUT2D eigenvalue weighted by atomic mass is 16.2. The summed E-state index contributed by atoms with van der Waals surface area (Å²) in [6, 6.07) is 10.7. The highest BCUT2D eigenvalue weighted by Crippen LogP contribution is 2.16. The van der Waals surface area contributed by atoms with Gasteiger partial charge in [0.15, 0.2) is 0 Å². The van der Waals surface area contributed by atoms with Crippen molar-refractivity contribution in [3.63, 3.8) is 0 Å². The van der Waals surface area contributed by atoms with Crippen LogP contribution in [0.25, 0.3) is 0 Å². The Morgan fingerprint density at radius 3 is 2.60 bits per heavy atom. The lowest BCUT2D eigenvalue weighted by Gasteiger charge is -2.35. The summed E-state index contributed by atoms with van der Waals surface area (Å²) in [7, 11) is 0. The number of aromatic amines is 1. The zero-order valence-electron chi connectivity index (χ0n) is 14.3. The Morgan fingerprint density at radius 2 is 1.92 bits per heavy atom. The molecule has 1 atom stereocenters. The topological polar surface area (TPSA) is 82.3 Å². The summed E-state index contributed by atoms with van der Waals surface area (Å²) in [5.74, 6) is -0.584. The van der Waals surface area contributed by atoms with E-state index >= 15 is 0 Å². The number of nitrogens with zero attached hydrogens (tertiary/aromatic N) is 1. The SMILES string of the molecule is Cc1cc(C)c(C(=O)N2CCNC(=O)[C@H]2Cc2ccccc2)c(=O)[nH]1. The fraction of sp³-hybridized carbons (Fsp3) is 0.316. The summed E-state index contributed by atoms with van der Waals surface area (Å²) in [5, 5.41) is 2.81. The maximum absolute atomic E-state index is 13.0. The first kappa shape index (κ1) is 17.0. The highest BCUT2D eigenvalue weighted by Gasteiger charge is 2.35. The van der Waals surface area contributed by atoms with Gasteiger partial charge in [0.05, 0.1) is 0 Å². The number of rotatable bonds is 3. The summed E-state index contributed by atoms with van der Waals surface area (Å²) >= 11 is 0. The van der Waals surface area contributed by atoms with Crippen LogP contribution in [0.15, 0.2) is 41.2 Å². The van der Waals surface area contributed by atoms with E-state index in [1.54, 1.807) is 19.9 Å². The Balaban J connectivity index is 1.94. The van der Waals surface area contributed by atoms with E-state index in [-0.39, 0.29) is 11.5 Å². The molecule has 6 heteroatoms. The summed E-state index contributed by atoms with van der Waals surface area (Å²) < 4.78 is 0. The highest BCUT2D eigenvalue weighted by molar-refractivity contribution is 5.99. The molecule has 1 saturated heterocycles. The number of aromatic nitrogens is 1. The van der Waals surface area contributed by atoms with Gasteiger partial charge in [-0.05, 0) is 31.0 Å². The van der Waals surface area contributed by atoms with E-state index in [2.05, 4.69) is 10.3 Å². The number of benzene rings is 1. The minimum atomic E-state index is -0.622. The van der Waals surface area contributed by atoms with Gasteiger partial charge in [0.1, 0.15) is 11.6 Å². The lowest BCUT2D eigenvalue weighted by Crippen LogP contribution is -2.58. The molecule has 1 aliphatic rings. The van der Waals surface area contributed by atoms with Gasteiger partial charge in [-0.3, -0.25) is 14.4 Å². The Labute approximate surface area is 145 Å². The quantitative estimate of drug-likeness (QED) is 0.881. The molecule has 1 aromatic heterocycles. The van der Waals surface area contributed by atoms with Crippen molar-refractivity contribution < 1.29 is 9.59 Å². The predicted molar refractivity (Wildman–Crippen MR) is 94.5 cm³/mol. The number of hydrogen-bond acceptors (Lipinski definition) is 3. The zero-order valence-corrected chi connectivity index (χ0v) is 14.3. The molecular formula is C19H21N3O3. The average molecular weight is 339 g/mol. The zero-order chi connectivity index (χ0) is 18.0. The molecule has 130 valence electrons. The van der Waals surface area contributed by atoms with E-state index < -0.39 is 17.5 Å². The third-order valence-corrected chi connectivity index (χ3v) is 4.44. The van der Waals surface area contributed by atoms with Gasteiger partial charge in [0.25, 0.3) is 11.5 Å². The van der Waals surface area contributed by atoms with Gasteiger partial charge < -0.3 is 15.2 Å². The van der Waals surface area contributed by atoms with Gasteiger partial charge in [-0.2, -0.15) is 0 Å². The number of carbonyl (C=O) groups is 2. The van der Waals surface area contributed by atoms with Gasteiger partial charge in [0, 0.05) is 25.2 Å². The third-order valence-electron chi connectivity index (χ3n) is 4.44. The number of piperazine rings is 1. The molecule has 0 aliphatic carbocycles. The molecule has 0 radical (unpaired) electrons. The summed E-state index contributed by atoms with van der Waals surface area (Å²) in [4.78, 5) is 41.9. The van der Waals surface area contributed by atoms with Crippen molar-refractivity contribution in [2.45, 2.75) is 26.3 Å². The molecule has 1 aliphatic heterocycles. The van der Waals surface area contributed by atoms with Crippen LogP contribution in [0.3, 0.4) is 0 Å². The van der Waals surface area contributed by atoms with Gasteiger partial charge in [-0.15, -0.1) is 0 Å². The van der Waals surface area contributed by atoms with Gasteiger partial charge in [-0.1, -0.05) is 30.3 Å². The van der Waals surface area contributed by atoms with Gasteiger partial charge >= 0.3 is 0 Å². The van der Waals surface area contributed by atoms with Crippen molar-refractivity contribution in [3.8, 4) is 0 Å². The van der Waals surface area contributed by atoms with Crippen LogP contribution in [0.2, 0.25) is 0 Å². The van der Waals surface area contributed by atoms with Crippen LogP contribution in [0, 0.1) is 13.8 Å². The average Bonchev–Trinajstić information content (AvgIpc) is 2.56. The second-order valence-corrected chi connectivity index (χ2v) is 6.33. The summed E-state index contributed by atoms with van der Waals surface area (Å²) in [6.45, 7) is 4.29. The minimum Gasteiger partial charge on any atom is -0.353 e. The molecule has 0 spiro atoms. The van der Waals surface area contributed by atoms with Crippen molar-refractivity contribution in [1.82, 2.24) is 15.2 Å². The number of hydrogen-bond donors (Lipinski definition) is 2. The second kappa shape index (κ2) is 6.93. The fourth-order valence-corrected chi connectivity index (χ4v) is 3.26. The molecule has 2 aromatic rings. The van der Waals surface area contributed by atoms with Crippen molar-refractivity contribution >= 4 is 11.8 Å². The first-order valence-electron chi connectivity index (χ1n) is 8.30. The van der Waals surface area contributed by atoms with Crippen LogP contribution in [-0.4, -0.2) is 40.8 Å². The Hall–Kier alpha value is -2.89. The monoisotopic (exact) mass is 339 g/mol. The Kier molecular flexibility index (Phi) is 4.70. The maximum Gasteiger partial charge on any atom is 0.261 e. The van der Waals surface area contributed by atoms with E-state index in [4.69, 9.17) is 0 Å². The molecule has 6 nitrogen and oxygen atoms in total. The van der Waals surface area contributed by atoms with Crippen LogP contribution >= 0.6 is 0 Å². The molecule has 1 aromatic carbocycles. The first-order valence-corrected chi connectivity index (χ1v) is 8.30. The van der Waals surface area contributed by atoms with Crippen LogP contribution in [0.1, 0.15) is 27.2 Å². The number of H-pyrrole nitrogens is 1. The minimum absolute atomic E-state index is 0.110. The smallest absolute Gasteiger partial charge is 0.261 e. The first-order chi connectivity index (χ1) is 12.0. The molecule has 1 fully saturated rings. The van der Waals surface area contributed by atoms with E-state index in [1.807, 2.05) is 30.3 Å². The normalized spacial score (nSPS) is 17.3. The fourth-order valence-electron chi connectivity index (χ4n) is 3.26. The number of pyridine rings is 1. The molecular weight excluding hydrogens is 318 g/mol. The molecule has 2 amide bonds.